The smallest absolute Gasteiger partial charge is 0.242 e. The number of carbonyl (C=O) groups excluding carboxylic acids is 2. The molecule has 1 N–H and O–H groups in total. The molecular weight excluding hydrogens is 462 g/mol. The van der Waals surface area contributed by atoms with Crippen LogP contribution in [0, 0.1) is 0 Å². The van der Waals surface area contributed by atoms with Gasteiger partial charge in [0.25, 0.3) is 0 Å². The summed E-state index contributed by atoms with van der Waals surface area (Å²) in [5.41, 5.74) is 2.53. The Morgan fingerprint density at radius 1 is 1.03 bits per heavy atom. The normalized spacial score (nSPS) is 12.2. The molecule has 0 unspecified atom stereocenters. The van der Waals surface area contributed by atoms with Crippen molar-refractivity contribution in [1.82, 2.24) is 10.2 Å². The second-order valence-electron chi connectivity index (χ2n) is 7.90. The largest absolute Gasteiger partial charge is 0.357 e. The predicted molar refractivity (Wildman–Crippen MR) is 133 cm³/mol. The van der Waals surface area contributed by atoms with Crippen LogP contribution in [0.5, 0.6) is 0 Å². The maximum atomic E-state index is 13.1. The van der Waals surface area contributed by atoms with Crippen molar-refractivity contribution in [2.45, 2.75) is 45.7 Å². The van der Waals surface area contributed by atoms with Gasteiger partial charge in [-0.1, -0.05) is 42.8 Å². The lowest BCUT2D eigenvalue weighted by Crippen LogP contribution is -2.46. The van der Waals surface area contributed by atoms with Gasteiger partial charge < -0.3 is 10.2 Å². The molecule has 0 aliphatic rings. The Balaban J connectivity index is 2.12. The van der Waals surface area contributed by atoms with Crippen molar-refractivity contribution in [2.75, 3.05) is 24.2 Å². The van der Waals surface area contributed by atoms with Gasteiger partial charge in [-0.2, -0.15) is 0 Å². The lowest BCUT2D eigenvalue weighted by molar-refractivity contribution is -0.140. The third-order valence-corrected chi connectivity index (χ3v) is 6.91. The van der Waals surface area contributed by atoms with E-state index in [-0.39, 0.29) is 31.3 Å². The highest BCUT2D eigenvalue weighted by Gasteiger charge is 2.26. The first-order valence-corrected chi connectivity index (χ1v) is 13.1. The minimum Gasteiger partial charge on any atom is -0.357 e. The topological polar surface area (TPSA) is 86.8 Å². The summed E-state index contributed by atoms with van der Waals surface area (Å²) in [6, 6.07) is 13.8. The molecular formula is C24H32ClN3O4S. The summed E-state index contributed by atoms with van der Waals surface area (Å²) in [4.78, 5) is 26.8. The standard InChI is InChI=1S/C24H32ClN3O4S/c1-5-19-10-14-22(15-11-19)28(33(4,31)32)16-6-7-23(29)27(18(2)24(30)26-3)17-20-8-12-21(25)13-9-20/h8-15,18H,5-7,16-17H2,1-4H3,(H,26,30)/t18-/m1/s1. The highest BCUT2D eigenvalue weighted by Crippen LogP contribution is 2.20. The van der Waals surface area contributed by atoms with Crippen LogP contribution in [0.1, 0.15) is 37.8 Å². The average Bonchev–Trinajstić information content (AvgIpc) is 2.79. The summed E-state index contributed by atoms with van der Waals surface area (Å²) in [5, 5.41) is 3.17. The van der Waals surface area contributed by atoms with E-state index in [9.17, 15) is 18.0 Å². The molecule has 9 heteroatoms. The zero-order valence-electron chi connectivity index (χ0n) is 19.5. The Hall–Kier alpha value is -2.58. The maximum absolute atomic E-state index is 13.1. The molecule has 0 aliphatic heterocycles. The van der Waals surface area contributed by atoms with Gasteiger partial charge in [-0.3, -0.25) is 13.9 Å². The fraction of sp³-hybridized carbons (Fsp3) is 0.417. The van der Waals surface area contributed by atoms with Crippen molar-refractivity contribution in [3.05, 3.63) is 64.7 Å². The number of rotatable bonds is 11. The highest BCUT2D eigenvalue weighted by atomic mass is 35.5. The summed E-state index contributed by atoms with van der Waals surface area (Å²) in [7, 11) is -1.98. The number of hydrogen-bond donors (Lipinski definition) is 1. The Morgan fingerprint density at radius 3 is 2.12 bits per heavy atom. The molecule has 1 atom stereocenters. The second kappa shape index (κ2) is 12.0. The van der Waals surface area contributed by atoms with Gasteiger partial charge in [0.15, 0.2) is 0 Å². The van der Waals surface area contributed by atoms with E-state index in [1.54, 1.807) is 31.2 Å². The molecule has 0 saturated carbocycles. The summed E-state index contributed by atoms with van der Waals surface area (Å²) in [6.07, 6.45) is 2.44. The van der Waals surface area contributed by atoms with Crippen LogP contribution >= 0.6 is 11.6 Å². The van der Waals surface area contributed by atoms with Crippen molar-refractivity contribution < 1.29 is 18.0 Å². The number of aryl methyl sites for hydroxylation is 1. The molecule has 0 spiro atoms. The fourth-order valence-electron chi connectivity index (χ4n) is 3.48. The molecule has 7 nitrogen and oxygen atoms in total. The molecule has 180 valence electrons. The first-order chi connectivity index (χ1) is 15.6. The van der Waals surface area contributed by atoms with Gasteiger partial charge in [0.2, 0.25) is 21.8 Å². The summed E-state index contributed by atoms with van der Waals surface area (Å²) < 4.78 is 26.0. The Labute approximate surface area is 201 Å². The number of nitrogens with zero attached hydrogens (tertiary/aromatic N) is 2. The molecule has 0 bridgehead atoms. The molecule has 0 aromatic heterocycles. The van der Waals surface area contributed by atoms with Crippen LogP contribution in [-0.4, -0.2) is 51.0 Å². The number of halogens is 1. The zero-order valence-corrected chi connectivity index (χ0v) is 21.1. The number of likely N-dealkylation sites (N-methyl/N-ethyl adjacent to an activating group) is 1. The van der Waals surface area contributed by atoms with Gasteiger partial charge >= 0.3 is 0 Å². The molecule has 0 aliphatic carbocycles. The number of nitrogens with one attached hydrogen (secondary N) is 1. The van der Waals surface area contributed by atoms with E-state index in [2.05, 4.69) is 5.32 Å². The molecule has 2 rings (SSSR count). The Kier molecular flexibility index (Phi) is 9.73. The second-order valence-corrected chi connectivity index (χ2v) is 10.2. The van der Waals surface area contributed by atoms with Crippen LogP contribution in [0.25, 0.3) is 0 Å². The Bertz CT molecular complexity index is 1040. The van der Waals surface area contributed by atoms with Gasteiger partial charge in [-0.15, -0.1) is 0 Å². The molecule has 2 amide bonds. The first kappa shape index (κ1) is 26.7. The minimum atomic E-state index is -3.51. The van der Waals surface area contributed by atoms with E-state index >= 15 is 0 Å². The highest BCUT2D eigenvalue weighted by molar-refractivity contribution is 7.92. The SMILES string of the molecule is CCc1ccc(N(CCCC(=O)N(Cc2ccc(Cl)cc2)[C@H](C)C(=O)NC)S(C)(=O)=O)cc1. The minimum absolute atomic E-state index is 0.105. The quantitative estimate of drug-likeness (QED) is 0.518. The number of sulfonamides is 1. The van der Waals surface area contributed by atoms with Crippen LogP contribution < -0.4 is 9.62 Å². The average molecular weight is 494 g/mol. The van der Waals surface area contributed by atoms with Gasteiger partial charge in [0.1, 0.15) is 6.04 Å². The molecule has 0 saturated heterocycles. The zero-order chi connectivity index (χ0) is 24.6. The molecule has 0 fully saturated rings. The maximum Gasteiger partial charge on any atom is 0.242 e. The predicted octanol–water partition coefficient (Wildman–Crippen LogP) is 3.61. The van der Waals surface area contributed by atoms with Crippen LogP contribution in [0.3, 0.4) is 0 Å². The lowest BCUT2D eigenvalue weighted by atomic mass is 10.1. The third-order valence-electron chi connectivity index (χ3n) is 5.46. The number of amides is 2. The third kappa shape index (κ3) is 7.75. The van der Waals surface area contributed by atoms with Crippen LogP contribution in [0.15, 0.2) is 48.5 Å². The number of hydrogen-bond acceptors (Lipinski definition) is 4. The fourth-order valence-corrected chi connectivity index (χ4v) is 4.57. The van der Waals surface area contributed by atoms with Crippen molar-refractivity contribution in [3.8, 4) is 0 Å². The summed E-state index contributed by atoms with van der Waals surface area (Å²) >= 11 is 5.95. The van der Waals surface area contributed by atoms with Gasteiger partial charge in [0.05, 0.1) is 11.9 Å². The number of anilines is 1. The van der Waals surface area contributed by atoms with Gasteiger partial charge in [-0.25, -0.2) is 8.42 Å². The van der Waals surface area contributed by atoms with Crippen molar-refractivity contribution in [1.29, 1.82) is 0 Å². The monoisotopic (exact) mass is 493 g/mol. The number of benzene rings is 2. The van der Waals surface area contributed by atoms with Crippen molar-refractivity contribution in [3.63, 3.8) is 0 Å². The molecule has 0 radical (unpaired) electrons. The van der Waals surface area contributed by atoms with E-state index in [4.69, 9.17) is 11.6 Å². The van der Waals surface area contributed by atoms with E-state index in [0.717, 1.165) is 23.8 Å². The van der Waals surface area contributed by atoms with Crippen molar-refractivity contribution in [2.24, 2.45) is 0 Å². The summed E-state index contributed by atoms with van der Waals surface area (Å²) in [5.74, 6) is -0.498. The van der Waals surface area contributed by atoms with E-state index < -0.39 is 16.1 Å². The van der Waals surface area contributed by atoms with Crippen LogP contribution in [-0.2, 0) is 32.6 Å². The van der Waals surface area contributed by atoms with Crippen LogP contribution in [0.2, 0.25) is 5.02 Å². The molecule has 33 heavy (non-hydrogen) atoms. The molecule has 2 aromatic rings. The summed E-state index contributed by atoms with van der Waals surface area (Å²) in [6.45, 7) is 4.12. The first-order valence-electron chi connectivity index (χ1n) is 10.9. The van der Waals surface area contributed by atoms with E-state index in [1.165, 1.54) is 16.3 Å². The van der Waals surface area contributed by atoms with Gasteiger partial charge in [0, 0.05) is 31.6 Å². The molecule has 0 heterocycles. The van der Waals surface area contributed by atoms with Crippen LogP contribution in [0.4, 0.5) is 5.69 Å². The van der Waals surface area contributed by atoms with E-state index in [1.807, 2.05) is 31.2 Å². The molecule has 2 aromatic carbocycles. The number of carbonyl (C=O) groups is 2. The van der Waals surface area contributed by atoms with E-state index in [0.29, 0.717) is 17.1 Å². The van der Waals surface area contributed by atoms with Crippen molar-refractivity contribution >= 4 is 39.1 Å². The lowest BCUT2D eigenvalue weighted by Gasteiger charge is -2.29. The Morgan fingerprint density at radius 2 is 1.61 bits per heavy atom. The van der Waals surface area contributed by atoms with Gasteiger partial charge in [-0.05, 0) is 55.2 Å².